The first-order valence-electron chi connectivity index (χ1n) is 9.63. The Morgan fingerprint density at radius 2 is 1.72 bits per heavy atom. The Balaban J connectivity index is 1.60. The molecule has 0 aliphatic carbocycles. The van der Waals surface area contributed by atoms with Crippen LogP contribution in [-0.4, -0.2) is 20.7 Å². The Morgan fingerprint density at radius 3 is 2.44 bits per heavy atom. The summed E-state index contributed by atoms with van der Waals surface area (Å²) in [5, 5.41) is 6.35. The predicted octanol–water partition coefficient (Wildman–Crippen LogP) is 5.71. The number of aromatic nitrogens is 3. The summed E-state index contributed by atoms with van der Waals surface area (Å²) in [6.45, 7) is 0. The van der Waals surface area contributed by atoms with E-state index in [0.717, 1.165) is 22.1 Å². The minimum absolute atomic E-state index is 0.209. The van der Waals surface area contributed by atoms with Crippen molar-refractivity contribution in [2.75, 3.05) is 5.32 Å². The number of hydrogen-bond acceptors (Lipinski definition) is 3. The minimum Gasteiger partial charge on any atom is -0.322 e. The summed E-state index contributed by atoms with van der Waals surface area (Å²) >= 11 is 0. The maximum absolute atomic E-state index is 13.8. The first kappa shape index (κ1) is 21.0. The van der Waals surface area contributed by atoms with Crippen LogP contribution in [0.5, 0.6) is 0 Å². The van der Waals surface area contributed by atoms with Crippen LogP contribution in [0.2, 0.25) is 0 Å². The van der Waals surface area contributed by atoms with Gasteiger partial charge in [-0.1, -0.05) is 42.5 Å². The van der Waals surface area contributed by atoms with E-state index in [-0.39, 0.29) is 5.69 Å². The van der Waals surface area contributed by atoms with Gasteiger partial charge < -0.3 is 5.32 Å². The van der Waals surface area contributed by atoms with Gasteiger partial charge in [-0.25, -0.2) is 4.68 Å². The molecule has 0 bridgehead atoms. The van der Waals surface area contributed by atoms with E-state index in [1.54, 1.807) is 54.7 Å². The van der Waals surface area contributed by atoms with Crippen molar-refractivity contribution < 1.29 is 18.0 Å². The zero-order chi connectivity index (χ0) is 22.6. The normalized spacial score (nSPS) is 11.6. The number of hydrogen-bond donors (Lipinski definition) is 1. The van der Waals surface area contributed by atoms with Gasteiger partial charge in [-0.05, 0) is 48.0 Å². The number of benzene rings is 2. The smallest absolute Gasteiger partial charge is 0.322 e. The van der Waals surface area contributed by atoms with Gasteiger partial charge in [-0.3, -0.25) is 9.78 Å². The average molecular weight is 434 g/mol. The quantitative estimate of drug-likeness (QED) is 0.438. The molecule has 0 aliphatic heterocycles. The van der Waals surface area contributed by atoms with Crippen molar-refractivity contribution in [3.63, 3.8) is 0 Å². The van der Waals surface area contributed by atoms with Gasteiger partial charge in [0.25, 0.3) is 5.91 Å². The molecule has 32 heavy (non-hydrogen) atoms. The number of carbonyl (C=O) groups excluding carboxylic acids is 1. The van der Waals surface area contributed by atoms with Crippen LogP contribution in [0.15, 0.2) is 85.2 Å². The molecule has 0 radical (unpaired) electrons. The molecule has 0 fully saturated rings. The second kappa shape index (κ2) is 8.89. The SMILES string of the molecule is O=C(Nc1cccc(/C=C/c2ccccn2)c1)c1cnn(-c2ccccc2)c1C(F)(F)F. The van der Waals surface area contributed by atoms with Gasteiger partial charge >= 0.3 is 6.18 Å². The van der Waals surface area contributed by atoms with E-state index < -0.39 is 23.3 Å². The highest BCUT2D eigenvalue weighted by molar-refractivity contribution is 6.05. The van der Waals surface area contributed by atoms with Crippen LogP contribution in [0.3, 0.4) is 0 Å². The number of rotatable bonds is 5. The monoisotopic (exact) mass is 434 g/mol. The molecule has 4 aromatic rings. The molecule has 0 aliphatic rings. The molecule has 1 N–H and O–H groups in total. The van der Waals surface area contributed by atoms with E-state index in [1.807, 2.05) is 24.3 Å². The van der Waals surface area contributed by atoms with Crippen LogP contribution in [-0.2, 0) is 6.18 Å². The lowest BCUT2D eigenvalue weighted by Crippen LogP contribution is -2.20. The summed E-state index contributed by atoms with van der Waals surface area (Å²) in [6, 6.07) is 20.1. The van der Waals surface area contributed by atoms with E-state index in [2.05, 4.69) is 15.4 Å². The van der Waals surface area contributed by atoms with E-state index in [4.69, 9.17) is 0 Å². The number of pyridine rings is 1. The topological polar surface area (TPSA) is 59.8 Å². The summed E-state index contributed by atoms with van der Waals surface area (Å²) in [5.41, 5.74) is 0.386. The maximum Gasteiger partial charge on any atom is 0.434 e. The van der Waals surface area contributed by atoms with E-state index in [9.17, 15) is 18.0 Å². The molecule has 2 aromatic heterocycles. The fraction of sp³-hybridized carbons (Fsp3) is 0.0417. The number of alkyl halides is 3. The average Bonchev–Trinajstić information content (AvgIpc) is 3.26. The standard InChI is InChI=1S/C24H17F3N4O/c25-24(26,27)22-21(16-29-31(22)20-10-2-1-3-11-20)23(32)30-19-9-6-7-17(15-19)12-13-18-8-4-5-14-28-18/h1-16H,(H,30,32)/b13-12+. The lowest BCUT2D eigenvalue weighted by atomic mass is 10.1. The maximum atomic E-state index is 13.8. The van der Waals surface area contributed by atoms with Gasteiger partial charge in [0, 0.05) is 11.9 Å². The highest BCUT2D eigenvalue weighted by atomic mass is 19.4. The van der Waals surface area contributed by atoms with Gasteiger partial charge in [-0.15, -0.1) is 0 Å². The third-order valence-electron chi connectivity index (χ3n) is 4.56. The number of nitrogens with zero attached hydrogens (tertiary/aromatic N) is 3. The summed E-state index contributed by atoms with van der Waals surface area (Å²) in [7, 11) is 0. The fourth-order valence-electron chi connectivity index (χ4n) is 3.13. The highest BCUT2D eigenvalue weighted by Gasteiger charge is 2.40. The molecule has 0 saturated heterocycles. The van der Waals surface area contributed by atoms with Crippen molar-refractivity contribution in [1.82, 2.24) is 14.8 Å². The van der Waals surface area contributed by atoms with Gasteiger partial charge in [-0.2, -0.15) is 18.3 Å². The lowest BCUT2D eigenvalue weighted by Gasteiger charge is -2.13. The summed E-state index contributed by atoms with van der Waals surface area (Å²) in [6.07, 6.45) is 1.42. The van der Waals surface area contributed by atoms with E-state index >= 15 is 0 Å². The summed E-state index contributed by atoms with van der Waals surface area (Å²) < 4.78 is 42.1. The lowest BCUT2D eigenvalue weighted by molar-refractivity contribution is -0.143. The number of para-hydroxylation sites is 1. The van der Waals surface area contributed by atoms with Crippen LogP contribution >= 0.6 is 0 Å². The Hall–Kier alpha value is -4.20. The number of halogens is 3. The van der Waals surface area contributed by atoms with Crippen molar-refractivity contribution in [2.24, 2.45) is 0 Å². The number of carbonyl (C=O) groups is 1. The van der Waals surface area contributed by atoms with Crippen molar-refractivity contribution in [1.29, 1.82) is 0 Å². The van der Waals surface area contributed by atoms with Crippen molar-refractivity contribution in [3.05, 3.63) is 108 Å². The van der Waals surface area contributed by atoms with E-state index in [0.29, 0.717) is 5.69 Å². The van der Waals surface area contributed by atoms with Crippen LogP contribution in [0.4, 0.5) is 18.9 Å². The summed E-state index contributed by atoms with van der Waals surface area (Å²) in [5.74, 6) is -0.898. The van der Waals surface area contributed by atoms with Gasteiger partial charge in [0.15, 0.2) is 5.69 Å². The molecule has 0 atom stereocenters. The molecule has 0 saturated carbocycles. The Bertz CT molecular complexity index is 1250. The molecule has 1 amide bonds. The number of anilines is 1. The molecule has 2 aromatic carbocycles. The first-order chi connectivity index (χ1) is 15.4. The highest BCUT2D eigenvalue weighted by Crippen LogP contribution is 2.34. The van der Waals surface area contributed by atoms with Crippen molar-refractivity contribution in [2.45, 2.75) is 6.18 Å². The molecule has 0 spiro atoms. The van der Waals surface area contributed by atoms with Crippen LogP contribution in [0.25, 0.3) is 17.8 Å². The van der Waals surface area contributed by atoms with Crippen LogP contribution < -0.4 is 5.32 Å². The Kier molecular flexibility index (Phi) is 5.85. The Morgan fingerprint density at radius 1 is 0.938 bits per heavy atom. The molecular formula is C24H17F3N4O. The zero-order valence-corrected chi connectivity index (χ0v) is 16.6. The predicted molar refractivity (Wildman–Crippen MR) is 116 cm³/mol. The molecule has 5 nitrogen and oxygen atoms in total. The number of nitrogens with one attached hydrogen (secondary N) is 1. The second-order valence-corrected chi connectivity index (χ2v) is 6.82. The molecule has 8 heteroatoms. The van der Waals surface area contributed by atoms with E-state index in [1.165, 1.54) is 12.1 Å². The van der Waals surface area contributed by atoms with Gasteiger partial charge in [0.05, 0.1) is 23.1 Å². The van der Waals surface area contributed by atoms with Gasteiger partial charge in [0.1, 0.15) is 0 Å². The summed E-state index contributed by atoms with van der Waals surface area (Å²) in [4.78, 5) is 16.9. The second-order valence-electron chi connectivity index (χ2n) is 6.82. The van der Waals surface area contributed by atoms with Crippen molar-refractivity contribution >= 4 is 23.7 Å². The minimum atomic E-state index is -4.77. The number of amides is 1. The molecular weight excluding hydrogens is 417 g/mol. The van der Waals surface area contributed by atoms with Gasteiger partial charge in [0.2, 0.25) is 0 Å². The van der Waals surface area contributed by atoms with Crippen LogP contribution in [0.1, 0.15) is 27.3 Å². The largest absolute Gasteiger partial charge is 0.434 e. The molecule has 2 heterocycles. The van der Waals surface area contributed by atoms with Crippen LogP contribution in [0, 0.1) is 0 Å². The van der Waals surface area contributed by atoms with Crippen molar-refractivity contribution in [3.8, 4) is 5.69 Å². The molecule has 0 unspecified atom stereocenters. The first-order valence-corrected chi connectivity index (χ1v) is 9.63. The Labute approximate surface area is 181 Å². The molecule has 160 valence electrons. The third-order valence-corrected chi connectivity index (χ3v) is 4.56. The zero-order valence-electron chi connectivity index (χ0n) is 16.6. The fourth-order valence-corrected chi connectivity index (χ4v) is 3.13. The molecule has 4 rings (SSSR count). The third kappa shape index (κ3) is 4.75.